The van der Waals surface area contributed by atoms with Crippen molar-refractivity contribution in [2.45, 2.75) is 18.1 Å². The van der Waals surface area contributed by atoms with Crippen molar-refractivity contribution in [1.82, 2.24) is 10.6 Å². The molecule has 1 aliphatic heterocycles. The van der Waals surface area contributed by atoms with E-state index in [1.54, 1.807) is 54.8 Å². The van der Waals surface area contributed by atoms with Crippen molar-refractivity contribution in [2.75, 3.05) is 18.5 Å². The Bertz CT molecular complexity index is 1260. The first-order chi connectivity index (χ1) is 16.7. The van der Waals surface area contributed by atoms with Crippen LogP contribution in [0.5, 0.6) is 0 Å². The zero-order valence-corrected chi connectivity index (χ0v) is 18.7. The average Bonchev–Trinajstić information content (AvgIpc) is 2.93. The molecule has 35 heavy (non-hydrogen) atoms. The molecule has 3 aromatic carbocycles. The van der Waals surface area contributed by atoms with Crippen LogP contribution in [0.25, 0.3) is 11.1 Å². The first kappa shape index (κ1) is 24.0. The molecule has 0 aromatic heterocycles. The molecule has 0 radical (unpaired) electrons. The van der Waals surface area contributed by atoms with Crippen LogP contribution < -0.4 is 15.5 Å². The summed E-state index contributed by atoms with van der Waals surface area (Å²) >= 11 is 0. The SMILES string of the molecule is CN1C(=O)C(NC(=O)C(C(=O)NCC(F)(F)F)c2ccccc2)c2ccccc2-c2ccccc21. The third kappa shape index (κ3) is 5.03. The van der Waals surface area contributed by atoms with Crippen LogP contribution in [0.3, 0.4) is 0 Å². The van der Waals surface area contributed by atoms with Gasteiger partial charge in [0.1, 0.15) is 18.5 Å². The van der Waals surface area contributed by atoms with E-state index in [0.29, 0.717) is 11.3 Å². The average molecular weight is 481 g/mol. The Hall–Kier alpha value is -4.14. The number of benzene rings is 3. The van der Waals surface area contributed by atoms with Gasteiger partial charge in [-0.15, -0.1) is 0 Å². The Balaban J connectivity index is 1.71. The predicted molar refractivity (Wildman–Crippen MR) is 124 cm³/mol. The van der Waals surface area contributed by atoms with Crippen LogP contribution in [-0.2, 0) is 14.4 Å². The number of carbonyl (C=O) groups is 3. The molecule has 0 saturated heterocycles. The van der Waals surface area contributed by atoms with Crippen LogP contribution in [0.4, 0.5) is 18.9 Å². The minimum absolute atomic E-state index is 0.204. The third-order valence-corrected chi connectivity index (χ3v) is 5.81. The fraction of sp³-hybridized carbons (Fsp3) is 0.192. The molecule has 0 bridgehead atoms. The van der Waals surface area contributed by atoms with Gasteiger partial charge in [-0.05, 0) is 22.8 Å². The number of carbonyl (C=O) groups excluding carboxylic acids is 3. The molecule has 180 valence electrons. The lowest BCUT2D eigenvalue weighted by Gasteiger charge is -2.25. The highest BCUT2D eigenvalue weighted by atomic mass is 19.4. The fourth-order valence-corrected chi connectivity index (χ4v) is 4.16. The summed E-state index contributed by atoms with van der Waals surface area (Å²) in [5.74, 6) is -4.03. The van der Waals surface area contributed by atoms with Gasteiger partial charge in [0.05, 0.1) is 5.69 Å². The predicted octanol–water partition coefficient (Wildman–Crippen LogP) is 3.95. The molecule has 0 aliphatic carbocycles. The number of para-hydroxylation sites is 1. The maximum absolute atomic E-state index is 13.5. The number of alkyl halides is 3. The number of hydrogen-bond acceptors (Lipinski definition) is 3. The quantitative estimate of drug-likeness (QED) is 0.542. The molecular weight excluding hydrogens is 459 g/mol. The molecule has 1 aliphatic rings. The Morgan fingerprint density at radius 2 is 1.49 bits per heavy atom. The highest BCUT2D eigenvalue weighted by Gasteiger charge is 2.38. The van der Waals surface area contributed by atoms with Crippen molar-refractivity contribution < 1.29 is 27.6 Å². The van der Waals surface area contributed by atoms with Crippen LogP contribution in [0.15, 0.2) is 78.9 Å². The smallest absolute Gasteiger partial charge is 0.346 e. The van der Waals surface area contributed by atoms with Crippen molar-refractivity contribution >= 4 is 23.4 Å². The van der Waals surface area contributed by atoms with Gasteiger partial charge < -0.3 is 15.5 Å². The maximum Gasteiger partial charge on any atom is 0.405 e. The van der Waals surface area contributed by atoms with Gasteiger partial charge >= 0.3 is 6.18 Å². The normalized spacial score (nSPS) is 15.9. The Labute approximate surface area is 199 Å². The molecule has 3 aromatic rings. The van der Waals surface area contributed by atoms with E-state index in [-0.39, 0.29) is 5.56 Å². The molecule has 0 saturated carbocycles. The minimum Gasteiger partial charge on any atom is -0.346 e. The van der Waals surface area contributed by atoms with Crippen molar-refractivity contribution in [2.24, 2.45) is 0 Å². The Morgan fingerprint density at radius 1 is 0.886 bits per heavy atom. The van der Waals surface area contributed by atoms with Crippen LogP contribution >= 0.6 is 0 Å². The van der Waals surface area contributed by atoms with E-state index in [2.05, 4.69) is 5.32 Å². The lowest BCUT2D eigenvalue weighted by molar-refractivity contribution is -0.142. The van der Waals surface area contributed by atoms with Crippen molar-refractivity contribution in [1.29, 1.82) is 0 Å². The summed E-state index contributed by atoms with van der Waals surface area (Å²) in [7, 11) is 1.58. The second-order valence-electron chi connectivity index (χ2n) is 8.12. The molecule has 0 spiro atoms. The van der Waals surface area contributed by atoms with Crippen molar-refractivity contribution in [3.05, 3.63) is 90.0 Å². The molecule has 2 N–H and O–H groups in total. The van der Waals surface area contributed by atoms with Gasteiger partial charge in [0.25, 0.3) is 5.91 Å². The highest BCUT2D eigenvalue weighted by Crippen LogP contribution is 2.39. The van der Waals surface area contributed by atoms with Crippen LogP contribution in [0.1, 0.15) is 23.1 Å². The molecule has 4 rings (SSSR count). The van der Waals surface area contributed by atoms with Crippen molar-refractivity contribution in [3.8, 4) is 11.1 Å². The summed E-state index contributed by atoms with van der Waals surface area (Å²) in [6.07, 6.45) is -4.64. The first-order valence-corrected chi connectivity index (χ1v) is 10.8. The summed E-state index contributed by atoms with van der Waals surface area (Å²) in [5.41, 5.74) is 2.88. The monoisotopic (exact) mass is 481 g/mol. The first-order valence-electron chi connectivity index (χ1n) is 10.8. The molecule has 1 heterocycles. The number of anilines is 1. The molecule has 2 atom stereocenters. The van der Waals surface area contributed by atoms with Crippen LogP contribution in [0.2, 0.25) is 0 Å². The van der Waals surface area contributed by atoms with E-state index in [9.17, 15) is 27.6 Å². The molecule has 0 fully saturated rings. The number of likely N-dealkylation sites (N-methyl/N-ethyl adjacent to an activating group) is 1. The van der Waals surface area contributed by atoms with E-state index in [4.69, 9.17) is 0 Å². The topological polar surface area (TPSA) is 78.5 Å². The van der Waals surface area contributed by atoms with Gasteiger partial charge in [-0.1, -0.05) is 72.8 Å². The number of amides is 3. The van der Waals surface area contributed by atoms with Gasteiger partial charge in [-0.2, -0.15) is 13.2 Å². The zero-order chi connectivity index (χ0) is 25.2. The van der Waals surface area contributed by atoms with E-state index < -0.39 is 42.4 Å². The van der Waals surface area contributed by atoms with Gasteiger partial charge in [0, 0.05) is 12.6 Å². The van der Waals surface area contributed by atoms with E-state index >= 15 is 0 Å². The molecule has 6 nitrogen and oxygen atoms in total. The van der Waals surface area contributed by atoms with E-state index in [1.807, 2.05) is 24.3 Å². The summed E-state index contributed by atoms with van der Waals surface area (Å²) in [4.78, 5) is 41.0. The van der Waals surface area contributed by atoms with E-state index in [1.165, 1.54) is 17.0 Å². The molecule has 3 amide bonds. The van der Waals surface area contributed by atoms with Crippen LogP contribution in [0, 0.1) is 0 Å². The van der Waals surface area contributed by atoms with Gasteiger partial charge in [0.2, 0.25) is 11.8 Å². The summed E-state index contributed by atoms with van der Waals surface area (Å²) < 4.78 is 38.2. The van der Waals surface area contributed by atoms with Crippen molar-refractivity contribution in [3.63, 3.8) is 0 Å². The second kappa shape index (κ2) is 9.61. The highest BCUT2D eigenvalue weighted by molar-refractivity contribution is 6.10. The zero-order valence-electron chi connectivity index (χ0n) is 18.7. The number of halogens is 3. The second-order valence-corrected chi connectivity index (χ2v) is 8.12. The number of hydrogen-bond donors (Lipinski definition) is 2. The third-order valence-electron chi connectivity index (χ3n) is 5.81. The molecular formula is C26H22F3N3O3. The minimum atomic E-state index is -4.64. The van der Waals surface area contributed by atoms with Gasteiger partial charge in [-0.25, -0.2) is 0 Å². The summed E-state index contributed by atoms with van der Waals surface area (Å²) in [6, 6.07) is 20.9. The lowest BCUT2D eigenvalue weighted by Crippen LogP contribution is -2.46. The van der Waals surface area contributed by atoms with Crippen LogP contribution in [-0.4, -0.2) is 37.5 Å². The standard InChI is InChI=1S/C26H22F3N3O3/c1-32-20-14-8-7-12-18(20)17-11-5-6-13-19(17)22(25(32)35)31-24(34)21(16-9-3-2-4-10-16)23(33)30-15-26(27,28)29/h2-14,21-22H,15H2,1H3,(H,30,33)(H,31,34). The lowest BCUT2D eigenvalue weighted by atomic mass is 9.93. The fourth-order valence-electron chi connectivity index (χ4n) is 4.16. The molecule has 2 unspecified atom stereocenters. The Kier molecular flexibility index (Phi) is 6.59. The maximum atomic E-state index is 13.5. The number of nitrogens with one attached hydrogen (secondary N) is 2. The largest absolute Gasteiger partial charge is 0.405 e. The summed E-state index contributed by atoms with van der Waals surface area (Å²) in [5, 5.41) is 4.42. The number of rotatable bonds is 5. The number of nitrogens with zero attached hydrogens (tertiary/aromatic N) is 1. The molecule has 9 heteroatoms. The van der Waals surface area contributed by atoms with E-state index in [0.717, 1.165) is 11.1 Å². The number of fused-ring (bicyclic) bond motifs is 3. The van der Waals surface area contributed by atoms with Gasteiger partial charge in [-0.3, -0.25) is 14.4 Å². The Morgan fingerprint density at radius 3 is 2.17 bits per heavy atom. The summed E-state index contributed by atoms with van der Waals surface area (Å²) in [6.45, 7) is -1.58. The van der Waals surface area contributed by atoms with Gasteiger partial charge in [0.15, 0.2) is 0 Å².